The minimum absolute atomic E-state index is 0.126. The molecule has 30 heavy (non-hydrogen) atoms. The first-order valence-electron chi connectivity index (χ1n) is 9.39. The van der Waals surface area contributed by atoms with Crippen LogP contribution in [0.5, 0.6) is 5.75 Å². The number of halogens is 1. The molecule has 1 N–H and O–H groups in total. The summed E-state index contributed by atoms with van der Waals surface area (Å²) in [7, 11) is 0. The van der Waals surface area contributed by atoms with Crippen molar-refractivity contribution >= 4 is 11.6 Å². The largest absolute Gasteiger partial charge is 0.486 e. The Morgan fingerprint density at radius 2 is 2.00 bits per heavy atom. The normalized spacial score (nSPS) is 10.7. The van der Waals surface area contributed by atoms with E-state index in [1.165, 1.54) is 24.3 Å². The third-order valence-corrected chi connectivity index (χ3v) is 4.42. The molecule has 2 aromatic carbocycles. The highest BCUT2D eigenvalue weighted by molar-refractivity contribution is 6.02. The Labute approximate surface area is 172 Å². The Morgan fingerprint density at radius 3 is 2.80 bits per heavy atom. The number of amides is 1. The summed E-state index contributed by atoms with van der Waals surface area (Å²) in [6.07, 6.45) is 1.67. The highest BCUT2D eigenvalue weighted by Crippen LogP contribution is 2.22. The molecular formula is C22H19FN4O3. The molecule has 0 atom stereocenters. The minimum atomic E-state index is -0.378. The van der Waals surface area contributed by atoms with E-state index in [0.29, 0.717) is 17.2 Å². The van der Waals surface area contributed by atoms with Crippen LogP contribution in [0.2, 0.25) is 0 Å². The second-order valence-corrected chi connectivity index (χ2v) is 6.48. The maximum Gasteiger partial charge on any atom is 0.291 e. The fraction of sp³-hybridized carbons (Fsp3) is 0.136. The lowest BCUT2D eigenvalue weighted by molar-refractivity contribution is 0.0992. The van der Waals surface area contributed by atoms with E-state index >= 15 is 0 Å². The Bertz CT molecular complexity index is 1150. The number of rotatable bonds is 7. The fourth-order valence-corrected chi connectivity index (χ4v) is 2.90. The molecule has 8 heteroatoms. The number of carbonyl (C=O) groups is 1. The van der Waals surface area contributed by atoms with Crippen LogP contribution in [0.25, 0.3) is 11.4 Å². The fourth-order valence-electron chi connectivity index (χ4n) is 2.90. The van der Waals surface area contributed by atoms with Gasteiger partial charge in [0.05, 0.1) is 0 Å². The van der Waals surface area contributed by atoms with Crippen molar-refractivity contribution in [3.05, 3.63) is 84.3 Å². The van der Waals surface area contributed by atoms with E-state index in [4.69, 9.17) is 9.15 Å². The first-order chi connectivity index (χ1) is 14.6. The summed E-state index contributed by atoms with van der Waals surface area (Å²) in [6.45, 7) is 2.88. The zero-order valence-corrected chi connectivity index (χ0v) is 16.2. The van der Waals surface area contributed by atoms with Gasteiger partial charge in [-0.15, -0.1) is 10.2 Å². The van der Waals surface area contributed by atoms with Gasteiger partial charge in [0.2, 0.25) is 0 Å². The van der Waals surface area contributed by atoms with Crippen LogP contribution in [0, 0.1) is 5.82 Å². The highest BCUT2D eigenvalue weighted by atomic mass is 19.1. The Kier molecular flexibility index (Phi) is 5.56. The number of hydrogen-bond donors (Lipinski definition) is 1. The Morgan fingerprint density at radius 1 is 1.17 bits per heavy atom. The van der Waals surface area contributed by atoms with E-state index in [2.05, 4.69) is 15.5 Å². The highest BCUT2D eigenvalue weighted by Gasteiger charge is 2.13. The number of benzene rings is 2. The first kappa shape index (κ1) is 19.4. The zero-order chi connectivity index (χ0) is 20.9. The van der Waals surface area contributed by atoms with Gasteiger partial charge in [-0.25, -0.2) is 4.39 Å². The van der Waals surface area contributed by atoms with Crippen molar-refractivity contribution < 1.29 is 18.3 Å². The summed E-state index contributed by atoms with van der Waals surface area (Å²) < 4.78 is 25.9. The predicted molar refractivity (Wildman–Crippen MR) is 109 cm³/mol. The van der Waals surface area contributed by atoms with Gasteiger partial charge in [-0.2, -0.15) is 0 Å². The smallest absolute Gasteiger partial charge is 0.291 e. The molecule has 1 amide bonds. The standard InChI is InChI=1S/C22H19FN4O3/c1-2-27-14-24-26-21(27)15-4-3-5-17(12-15)25-22(28)20-11-10-19(30-20)13-29-18-8-6-16(23)7-9-18/h3-12,14H,2,13H2,1H3,(H,25,28). The average Bonchev–Trinajstić information content (AvgIpc) is 3.43. The van der Waals surface area contributed by atoms with Crippen molar-refractivity contribution in [3.8, 4) is 17.1 Å². The Balaban J connectivity index is 1.41. The molecular weight excluding hydrogens is 387 g/mol. The van der Waals surface area contributed by atoms with Crippen LogP contribution in [0.15, 0.2) is 71.4 Å². The van der Waals surface area contributed by atoms with Crippen LogP contribution in [0.3, 0.4) is 0 Å². The molecule has 4 aromatic rings. The summed E-state index contributed by atoms with van der Waals surface area (Å²) in [5.41, 5.74) is 1.46. The maximum atomic E-state index is 12.9. The topological polar surface area (TPSA) is 82.2 Å². The molecule has 0 aliphatic rings. The van der Waals surface area contributed by atoms with Gasteiger partial charge in [-0.3, -0.25) is 4.79 Å². The van der Waals surface area contributed by atoms with Gasteiger partial charge in [0.25, 0.3) is 5.91 Å². The molecule has 0 aliphatic heterocycles. The van der Waals surface area contributed by atoms with Crippen molar-refractivity contribution in [2.75, 3.05) is 5.32 Å². The number of anilines is 1. The van der Waals surface area contributed by atoms with Gasteiger partial charge in [0, 0.05) is 17.8 Å². The lowest BCUT2D eigenvalue weighted by Gasteiger charge is -2.07. The van der Waals surface area contributed by atoms with E-state index < -0.39 is 0 Å². The molecule has 0 saturated heterocycles. The summed E-state index contributed by atoms with van der Waals surface area (Å²) in [6, 6.07) is 16.3. The van der Waals surface area contributed by atoms with Crippen LogP contribution >= 0.6 is 0 Å². The molecule has 0 bridgehead atoms. The number of furan rings is 1. The minimum Gasteiger partial charge on any atom is -0.486 e. The lowest BCUT2D eigenvalue weighted by atomic mass is 10.2. The zero-order valence-electron chi connectivity index (χ0n) is 16.2. The van der Waals surface area contributed by atoms with Gasteiger partial charge in [0.15, 0.2) is 11.6 Å². The lowest BCUT2D eigenvalue weighted by Crippen LogP contribution is -2.11. The third-order valence-electron chi connectivity index (χ3n) is 4.42. The van der Waals surface area contributed by atoms with E-state index in [-0.39, 0.29) is 24.1 Å². The van der Waals surface area contributed by atoms with Gasteiger partial charge < -0.3 is 19.0 Å². The molecule has 0 unspecified atom stereocenters. The number of nitrogens with zero attached hydrogens (tertiary/aromatic N) is 3. The first-order valence-corrected chi connectivity index (χ1v) is 9.39. The predicted octanol–water partition coefficient (Wildman–Crippen LogP) is 4.53. The molecule has 0 saturated carbocycles. The Hall–Kier alpha value is -3.94. The number of hydrogen-bond acceptors (Lipinski definition) is 5. The van der Waals surface area contributed by atoms with Crippen LogP contribution in [0.4, 0.5) is 10.1 Å². The molecule has 4 rings (SSSR count). The van der Waals surface area contributed by atoms with Crippen molar-refractivity contribution in [3.63, 3.8) is 0 Å². The van der Waals surface area contributed by atoms with Crippen LogP contribution < -0.4 is 10.1 Å². The summed E-state index contributed by atoms with van der Waals surface area (Å²) in [5.74, 6) is 1.17. The van der Waals surface area contributed by atoms with Crippen LogP contribution in [0.1, 0.15) is 23.2 Å². The number of ether oxygens (including phenoxy) is 1. The summed E-state index contributed by atoms with van der Waals surface area (Å²) in [5, 5.41) is 10.9. The quantitative estimate of drug-likeness (QED) is 0.488. The van der Waals surface area contributed by atoms with Crippen LogP contribution in [-0.4, -0.2) is 20.7 Å². The van der Waals surface area contributed by atoms with Gasteiger partial charge in [-0.05, 0) is 55.5 Å². The summed E-state index contributed by atoms with van der Waals surface area (Å²) in [4.78, 5) is 12.5. The van der Waals surface area contributed by atoms with Crippen molar-refractivity contribution in [1.82, 2.24) is 14.8 Å². The second-order valence-electron chi connectivity index (χ2n) is 6.48. The third kappa shape index (κ3) is 4.38. The van der Waals surface area contributed by atoms with Gasteiger partial charge in [-0.1, -0.05) is 12.1 Å². The molecule has 0 spiro atoms. The summed E-state index contributed by atoms with van der Waals surface area (Å²) >= 11 is 0. The number of aromatic nitrogens is 3. The molecule has 0 aliphatic carbocycles. The molecule has 152 valence electrons. The monoisotopic (exact) mass is 406 g/mol. The van der Waals surface area contributed by atoms with E-state index in [9.17, 15) is 9.18 Å². The van der Waals surface area contributed by atoms with Crippen LogP contribution in [-0.2, 0) is 13.2 Å². The van der Waals surface area contributed by atoms with Gasteiger partial charge in [0.1, 0.15) is 30.3 Å². The molecule has 7 nitrogen and oxygen atoms in total. The van der Waals surface area contributed by atoms with Crippen molar-refractivity contribution in [1.29, 1.82) is 0 Å². The van der Waals surface area contributed by atoms with E-state index in [0.717, 1.165) is 17.9 Å². The maximum absolute atomic E-state index is 12.9. The van der Waals surface area contributed by atoms with Gasteiger partial charge >= 0.3 is 0 Å². The number of aryl methyl sites for hydroxylation is 1. The van der Waals surface area contributed by atoms with E-state index in [1.54, 1.807) is 24.5 Å². The number of nitrogens with one attached hydrogen (secondary N) is 1. The van der Waals surface area contributed by atoms with Crippen molar-refractivity contribution in [2.24, 2.45) is 0 Å². The molecule has 0 radical (unpaired) electrons. The number of carbonyl (C=O) groups excluding carboxylic acids is 1. The SMILES string of the molecule is CCn1cnnc1-c1cccc(NC(=O)c2ccc(COc3ccc(F)cc3)o2)c1. The molecule has 2 aromatic heterocycles. The molecule has 2 heterocycles. The second kappa shape index (κ2) is 8.60. The van der Waals surface area contributed by atoms with E-state index in [1.807, 2.05) is 29.7 Å². The van der Waals surface area contributed by atoms with Crippen molar-refractivity contribution in [2.45, 2.75) is 20.1 Å². The molecule has 0 fully saturated rings. The average molecular weight is 406 g/mol.